The highest BCUT2D eigenvalue weighted by Crippen LogP contribution is 2.36. The number of nitrogens with zero attached hydrogens (tertiary/aromatic N) is 2. The summed E-state index contributed by atoms with van der Waals surface area (Å²) in [5.41, 5.74) is 1.77. The molecule has 0 unspecified atom stereocenters. The second-order valence-electron chi connectivity index (χ2n) is 6.83. The molecule has 2 rings (SSSR count). The van der Waals surface area contributed by atoms with Gasteiger partial charge < -0.3 is 5.11 Å². The van der Waals surface area contributed by atoms with Gasteiger partial charge in [0, 0.05) is 6.20 Å². The van der Waals surface area contributed by atoms with Crippen LogP contribution in [0.1, 0.15) is 46.6 Å². The van der Waals surface area contributed by atoms with Gasteiger partial charge in [-0.3, -0.25) is 5.10 Å². The van der Waals surface area contributed by atoms with Crippen LogP contribution in [0.5, 0.6) is 5.75 Å². The van der Waals surface area contributed by atoms with Crippen LogP contribution in [-0.2, 0) is 5.41 Å². The minimum atomic E-state index is 0.159. The fraction of sp³-hybridized carbons (Fsp3) is 0.500. The van der Waals surface area contributed by atoms with Crippen molar-refractivity contribution in [3.05, 3.63) is 42.2 Å². The van der Waals surface area contributed by atoms with E-state index in [-0.39, 0.29) is 5.41 Å². The number of phenolic OH excluding ortho intramolecular Hbond substituents is 1. The van der Waals surface area contributed by atoms with E-state index < -0.39 is 0 Å². The lowest BCUT2D eigenvalue weighted by atomic mass is 9.72. The SMILES string of the molecule is CC(C)(C)CC(C)(C)c1ccc(O)cc1.c1c[nH]nn1. The van der Waals surface area contributed by atoms with E-state index in [0.29, 0.717) is 11.2 Å². The minimum Gasteiger partial charge on any atom is -0.508 e. The lowest BCUT2D eigenvalue weighted by Crippen LogP contribution is -2.24. The zero-order valence-electron chi connectivity index (χ0n) is 13.0. The number of benzene rings is 1. The first-order valence-corrected chi connectivity index (χ1v) is 6.81. The maximum Gasteiger partial charge on any atom is 0.115 e. The van der Waals surface area contributed by atoms with Crippen molar-refractivity contribution in [1.29, 1.82) is 0 Å². The molecule has 2 aromatic rings. The minimum absolute atomic E-state index is 0.159. The first-order valence-electron chi connectivity index (χ1n) is 6.81. The summed E-state index contributed by atoms with van der Waals surface area (Å²) in [4.78, 5) is 0. The van der Waals surface area contributed by atoms with Gasteiger partial charge in [0.05, 0.1) is 6.20 Å². The first kappa shape index (κ1) is 16.2. The van der Waals surface area contributed by atoms with Crippen molar-refractivity contribution in [3.8, 4) is 5.75 Å². The van der Waals surface area contributed by atoms with E-state index in [1.807, 2.05) is 12.1 Å². The molecule has 0 amide bonds. The van der Waals surface area contributed by atoms with Crippen LogP contribution < -0.4 is 0 Å². The second-order valence-corrected chi connectivity index (χ2v) is 6.83. The van der Waals surface area contributed by atoms with E-state index in [0.717, 1.165) is 6.42 Å². The highest BCUT2D eigenvalue weighted by Gasteiger charge is 2.26. The van der Waals surface area contributed by atoms with Crippen LogP contribution in [0.15, 0.2) is 36.7 Å². The number of H-pyrrole nitrogens is 1. The smallest absolute Gasteiger partial charge is 0.115 e. The van der Waals surface area contributed by atoms with Crippen LogP contribution in [0, 0.1) is 5.41 Å². The zero-order chi connectivity index (χ0) is 15.2. The summed E-state index contributed by atoms with van der Waals surface area (Å²) in [6.45, 7) is 11.3. The fourth-order valence-electron chi connectivity index (χ4n) is 2.51. The van der Waals surface area contributed by atoms with E-state index in [4.69, 9.17) is 0 Å². The van der Waals surface area contributed by atoms with Crippen molar-refractivity contribution < 1.29 is 5.11 Å². The lowest BCUT2D eigenvalue weighted by molar-refractivity contribution is 0.284. The maximum atomic E-state index is 9.25. The molecule has 4 nitrogen and oxygen atoms in total. The normalized spacial score (nSPS) is 11.7. The molecule has 0 spiro atoms. The van der Waals surface area contributed by atoms with Gasteiger partial charge in [0.2, 0.25) is 0 Å². The highest BCUT2D eigenvalue weighted by molar-refractivity contribution is 5.30. The van der Waals surface area contributed by atoms with Gasteiger partial charge in [-0.05, 0) is 34.9 Å². The Hall–Kier alpha value is -1.84. The summed E-state index contributed by atoms with van der Waals surface area (Å²) in [6, 6.07) is 7.56. The summed E-state index contributed by atoms with van der Waals surface area (Å²) in [6.07, 6.45) is 4.37. The molecule has 0 saturated heterocycles. The largest absolute Gasteiger partial charge is 0.508 e. The maximum absolute atomic E-state index is 9.25. The van der Waals surface area contributed by atoms with Crippen molar-refractivity contribution in [2.24, 2.45) is 5.41 Å². The zero-order valence-corrected chi connectivity index (χ0v) is 13.0. The van der Waals surface area contributed by atoms with Gasteiger partial charge in [-0.25, -0.2) is 0 Å². The van der Waals surface area contributed by atoms with E-state index in [9.17, 15) is 5.11 Å². The van der Waals surface area contributed by atoms with Gasteiger partial charge in [-0.2, -0.15) is 0 Å². The Morgan fingerprint density at radius 3 is 2.00 bits per heavy atom. The average molecular weight is 275 g/mol. The first-order chi connectivity index (χ1) is 9.21. The molecule has 0 fully saturated rings. The molecule has 1 heterocycles. The van der Waals surface area contributed by atoms with Gasteiger partial charge in [-0.15, -0.1) is 5.10 Å². The Balaban J connectivity index is 0.000000333. The van der Waals surface area contributed by atoms with Crippen molar-refractivity contribution in [2.75, 3.05) is 0 Å². The number of hydrogen-bond acceptors (Lipinski definition) is 3. The van der Waals surface area contributed by atoms with E-state index in [1.54, 1.807) is 24.5 Å². The third-order valence-corrected chi connectivity index (χ3v) is 2.95. The van der Waals surface area contributed by atoms with Crippen LogP contribution in [0.2, 0.25) is 0 Å². The monoisotopic (exact) mass is 275 g/mol. The van der Waals surface area contributed by atoms with Crippen molar-refractivity contribution in [1.82, 2.24) is 15.4 Å². The molecule has 0 bridgehead atoms. The molecular weight excluding hydrogens is 250 g/mol. The molecule has 0 saturated carbocycles. The average Bonchev–Trinajstić information content (AvgIpc) is 2.84. The van der Waals surface area contributed by atoms with Crippen LogP contribution in [0.3, 0.4) is 0 Å². The molecule has 0 aliphatic heterocycles. The van der Waals surface area contributed by atoms with E-state index >= 15 is 0 Å². The van der Waals surface area contributed by atoms with Gasteiger partial charge >= 0.3 is 0 Å². The summed E-state index contributed by atoms with van der Waals surface area (Å²) in [5, 5.41) is 18.5. The molecule has 0 radical (unpaired) electrons. The number of nitrogens with one attached hydrogen (secondary N) is 1. The number of aromatic amines is 1. The quantitative estimate of drug-likeness (QED) is 0.873. The van der Waals surface area contributed by atoms with Gasteiger partial charge in [0.15, 0.2) is 0 Å². The summed E-state index contributed by atoms with van der Waals surface area (Å²) >= 11 is 0. The molecule has 4 heteroatoms. The molecule has 2 N–H and O–H groups in total. The third kappa shape index (κ3) is 5.87. The number of phenols is 1. The molecule has 1 aromatic carbocycles. The van der Waals surface area contributed by atoms with Crippen LogP contribution in [-0.4, -0.2) is 20.5 Å². The third-order valence-electron chi connectivity index (χ3n) is 2.95. The topological polar surface area (TPSA) is 61.8 Å². The Kier molecular flexibility index (Phi) is 5.31. The van der Waals surface area contributed by atoms with Crippen LogP contribution in [0.25, 0.3) is 0 Å². The molecule has 0 aliphatic carbocycles. The van der Waals surface area contributed by atoms with Gasteiger partial charge in [0.25, 0.3) is 0 Å². The summed E-state index contributed by atoms with van der Waals surface area (Å²) < 4.78 is 0. The highest BCUT2D eigenvalue weighted by atomic mass is 16.3. The molecule has 110 valence electrons. The molecule has 0 aliphatic rings. The standard InChI is InChI=1S/C14H22O.C2H3N3/c1-13(2,3)10-14(4,5)11-6-8-12(15)9-7-11;1-2-4-5-3-1/h6-9,15H,10H2,1-5H3;1-2H,(H,3,4,5). The number of aromatic nitrogens is 3. The molecule has 20 heavy (non-hydrogen) atoms. The van der Waals surface area contributed by atoms with Crippen molar-refractivity contribution in [3.63, 3.8) is 0 Å². The van der Waals surface area contributed by atoms with Gasteiger partial charge in [-0.1, -0.05) is 52.0 Å². The fourth-order valence-corrected chi connectivity index (χ4v) is 2.51. The lowest BCUT2D eigenvalue weighted by Gasteiger charge is -2.33. The van der Waals surface area contributed by atoms with E-state index in [2.05, 4.69) is 50.0 Å². The summed E-state index contributed by atoms with van der Waals surface area (Å²) in [5.74, 6) is 0.338. The Morgan fingerprint density at radius 1 is 1.05 bits per heavy atom. The predicted molar refractivity (Wildman–Crippen MR) is 81.6 cm³/mol. The van der Waals surface area contributed by atoms with Crippen LogP contribution in [0.4, 0.5) is 0 Å². The molecule has 1 aromatic heterocycles. The van der Waals surface area contributed by atoms with Crippen molar-refractivity contribution in [2.45, 2.75) is 46.5 Å². The second kappa shape index (κ2) is 6.55. The molecular formula is C16H25N3O. The summed E-state index contributed by atoms with van der Waals surface area (Å²) in [7, 11) is 0. The molecule has 0 atom stereocenters. The number of hydrogen-bond donors (Lipinski definition) is 2. The van der Waals surface area contributed by atoms with E-state index in [1.165, 1.54) is 5.56 Å². The van der Waals surface area contributed by atoms with Gasteiger partial charge in [0.1, 0.15) is 5.75 Å². The number of aromatic hydroxyl groups is 1. The van der Waals surface area contributed by atoms with Crippen molar-refractivity contribution >= 4 is 0 Å². The Morgan fingerprint density at radius 2 is 1.65 bits per heavy atom. The van der Waals surface area contributed by atoms with Crippen LogP contribution >= 0.6 is 0 Å². The number of rotatable bonds is 2. The Labute approximate surface area is 121 Å². The Bertz CT molecular complexity index is 464. The predicted octanol–water partition coefficient (Wildman–Crippen LogP) is 3.91.